The van der Waals surface area contributed by atoms with E-state index in [4.69, 9.17) is 5.11 Å². The first-order valence-electron chi connectivity index (χ1n) is 5.27. The van der Waals surface area contributed by atoms with Gasteiger partial charge in [0.25, 0.3) is 0 Å². The Hall–Kier alpha value is -1.32. The second-order valence-corrected chi connectivity index (χ2v) is 5.10. The lowest BCUT2D eigenvalue weighted by Crippen LogP contribution is -1.97. The van der Waals surface area contributed by atoms with Gasteiger partial charge in [0.1, 0.15) is 0 Å². The summed E-state index contributed by atoms with van der Waals surface area (Å²) in [5.41, 5.74) is 1.99. The van der Waals surface area contributed by atoms with Gasteiger partial charge in [-0.1, -0.05) is 12.1 Å². The van der Waals surface area contributed by atoms with Crippen molar-refractivity contribution in [2.75, 3.05) is 5.32 Å². The summed E-state index contributed by atoms with van der Waals surface area (Å²) >= 11 is 1.81. The van der Waals surface area contributed by atoms with Crippen molar-refractivity contribution in [1.29, 1.82) is 0 Å². The number of anilines is 1. The molecule has 0 unspecified atom stereocenters. The van der Waals surface area contributed by atoms with E-state index in [9.17, 15) is 0 Å². The minimum atomic E-state index is 0.0909. The third-order valence-corrected chi connectivity index (χ3v) is 3.37. The summed E-state index contributed by atoms with van der Waals surface area (Å²) in [6.07, 6.45) is 0. The van der Waals surface area contributed by atoms with Crippen molar-refractivity contribution in [3.63, 3.8) is 0 Å². The highest BCUT2D eigenvalue weighted by Gasteiger charge is 1.98. The normalized spacial score (nSPS) is 10.4. The first-order chi connectivity index (χ1) is 7.78. The highest BCUT2D eigenvalue weighted by Crippen LogP contribution is 2.17. The molecule has 2 nitrogen and oxygen atoms in total. The number of benzene rings is 1. The fourth-order valence-electron chi connectivity index (χ4n) is 1.55. The molecule has 2 rings (SSSR count). The molecule has 3 heteroatoms. The summed E-state index contributed by atoms with van der Waals surface area (Å²) in [6.45, 7) is 3.04. The monoisotopic (exact) mass is 233 g/mol. The zero-order valence-corrected chi connectivity index (χ0v) is 10.1. The Labute approximate surface area is 99.6 Å². The van der Waals surface area contributed by atoms with Gasteiger partial charge in [-0.3, -0.25) is 0 Å². The van der Waals surface area contributed by atoms with Gasteiger partial charge >= 0.3 is 0 Å². The molecule has 0 atom stereocenters. The molecule has 0 spiro atoms. The topological polar surface area (TPSA) is 32.3 Å². The lowest BCUT2D eigenvalue weighted by atomic mass is 10.2. The summed E-state index contributed by atoms with van der Waals surface area (Å²) in [6, 6.07) is 12.1. The van der Waals surface area contributed by atoms with Crippen molar-refractivity contribution < 1.29 is 5.11 Å². The first-order valence-corrected chi connectivity index (χ1v) is 6.08. The van der Waals surface area contributed by atoms with Crippen molar-refractivity contribution in [3.05, 3.63) is 51.7 Å². The van der Waals surface area contributed by atoms with E-state index < -0.39 is 0 Å². The molecule has 16 heavy (non-hydrogen) atoms. The Morgan fingerprint density at radius 2 is 2.12 bits per heavy atom. The summed E-state index contributed by atoms with van der Waals surface area (Å²) in [7, 11) is 0. The molecular formula is C13H15NOS. The Kier molecular flexibility index (Phi) is 3.59. The zero-order chi connectivity index (χ0) is 11.4. The molecule has 0 saturated carbocycles. The van der Waals surface area contributed by atoms with Crippen LogP contribution in [-0.4, -0.2) is 5.11 Å². The molecule has 1 aromatic carbocycles. The Morgan fingerprint density at radius 3 is 2.81 bits per heavy atom. The number of aryl methyl sites for hydroxylation is 1. The summed E-state index contributed by atoms with van der Waals surface area (Å²) in [5.74, 6) is 0. The minimum absolute atomic E-state index is 0.0909. The van der Waals surface area contributed by atoms with Gasteiger partial charge in [0.2, 0.25) is 0 Å². The SMILES string of the molecule is Cc1ccc(CNc2cccc(CO)c2)s1. The van der Waals surface area contributed by atoms with Crippen LogP contribution in [0.15, 0.2) is 36.4 Å². The van der Waals surface area contributed by atoms with E-state index in [0.29, 0.717) is 0 Å². The Bertz CT molecular complexity index is 464. The van der Waals surface area contributed by atoms with Crippen LogP contribution in [0, 0.1) is 6.92 Å². The van der Waals surface area contributed by atoms with Crippen molar-refractivity contribution in [1.82, 2.24) is 0 Å². The maximum Gasteiger partial charge on any atom is 0.0682 e. The number of aliphatic hydroxyl groups excluding tert-OH is 1. The highest BCUT2D eigenvalue weighted by molar-refractivity contribution is 7.11. The summed E-state index contributed by atoms with van der Waals surface area (Å²) in [4.78, 5) is 2.66. The molecular weight excluding hydrogens is 218 g/mol. The minimum Gasteiger partial charge on any atom is -0.392 e. The van der Waals surface area contributed by atoms with Crippen LogP contribution < -0.4 is 5.32 Å². The fraction of sp³-hybridized carbons (Fsp3) is 0.231. The first kappa shape index (κ1) is 11.2. The maximum absolute atomic E-state index is 9.02. The number of thiophene rings is 1. The van der Waals surface area contributed by atoms with Gasteiger partial charge < -0.3 is 10.4 Å². The quantitative estimate of drug-likeness (QED) is 0.850. The van der Waals surface area contributed by atoms with Crippen molar-refractivity contribution in [3.8, 4) is 0 Å². The van der Waals surface area contributed by atoms with E-state index in [1.54, 1.807) is 11.3 Å². The number of rotatable bonds is 4. The Morgan fingerprint density at radius 1 is 1.25 bits per heavy atom. The van der Waals surface area contributed by atoms with Crippen LogP contribution in [0.3, 0.4) is 0 Å². The van der Waals surface area contributed by atoms with Crippen molar-refractivity contribution in [2.45, 2.75) is 20.1 Å². The van der Waals surface area contributed by atoms with E-state index in [1.807, 2.05) is 24.3 Å². The van der Waals surface area contributed by atoms with Gasteiger partial charge in [0, 0.05) is 22.0 Å². The second kappa shape index (κ2) is 5.14. The molecule has 0 aliphatic carbocycles. The lowest BCUT2D eigenvalue weighted by Gasteiger charge is -2.06. The summed E-state index contributed by atoms with van der Waals surface area (Å²) in [5, 5.41) is 12.4. The fourth-order valence-corrected chi connectivity index (χ4v) is 2.38. The molecule has 0 fully saturated rings. The van der Waals surface area contributed by atoms with Crippen LogP contribution in [0.4, 0.5) is 5.69 Å². The molecule has 0 radical (unpaired) electrons. The third kappa shape index (κ3) is 2.84. The molecule has 1 heterocycles. The lowest BCUT2D eigenvalue weighted by molar-refractivity contribution is 0.282. The van der Waals surface area contributed by atoms with Gasteiger partial charge in [-0.25, -0.2) is 0 Å². The predicted molar refractivity (Wildman–Crippen MR) is 68.7 cm³/mol. The van der Waals surface area contributed by atoms with E-state index in [-0.39, 0.29) is 6.61 Å². The largest absolute Gasteiger partial charge is 0.392 e. The van der Waals surface area contributed by atoms with E-state index >= 15 is 0 Å². The molecule has 0 saturated heterocycles. The number of nitrogens with one attached hydrogen (secondary N) is 1. The average molecular weight is 233 g/mol. The second-order valence-electron chi connectivity index (χ2n) is 3.72. The standard InChI is InChI=1S/C13H15NOS/c1-10-5-6-13(16-10)8-14-12-4-2-3-11(7-12)9-15/h2-7,14-15H,8-9H2,1H3. The van der Waals surface area contributed by atoms with Crippen LogP contribution in [0.2, 0.25) is 0 Å². The van der Waals surface area contributed by atoms with Crippen LogP contribution in [-0.2, 0) is 13.2 Å². The van der Waals surface area contributed by atoms with Gasteiger partial charge in [-0.05, 0) is 36.8 Å². The summed E-state index contributed by atoms with van der Waals surface area (Å²) < 4.78 is 0. The maximum atomic E-state index is 9.02. The Balaban J connectivity index is 1.99. The third-order valence-electron chi connectivity index (χ3n) is 2.37. The van der Waals surface area contributed by atoms with Crippen molar-refractivity contribution in [2.24, 2.45) is 0 Å². The van der Waals surface area contributed by atoms with Crippen LogP contribution in [0.1, 0.15) is 15.3 Å². The van der Waals surface area contributed by atoms with E-state index in [2.05, 4.69) is 24.4 Å². The number of hydrogen-bond donors (Lipinski definition) is 2. The molecule has 0 aliphatic rings. The van der Waals surface area contributed by atoms with E-state index in [0.717, 1.165) is 17.8 Å². The zero-order valence-electron chi connectivity index (χ0n) is 9.23. The number of hydrogen-bond acceptors (Lipinski definition) is 3. The average Bonchev–Trinajstić information content (AvgIpc) is 2.73. The highest BCUT2D eigenvalue weighted by atomic mass is 32.1. The van der Waals surface area contributed by atoms with Gasteiger partial charge in [-0.15, -0.1) is 11.3 Å². The van der Waals surface area contributed by atoms with Crippen LogP contribution >= 0.6 is 11.3 Å². The molecule has 1 aromatic heterocycles. The van der Waals surface area contributed by atoms with Crippen LogP contribution in [0.25, 0.3) is 0 Å². The molecule has 2 aromatic rings. The molecule has 0 aliphatic heterocycles. The van der Waals surface area contributed by atoms with E-state index in [1.165, 1.54) is 9.75 Å². The van der Waals surface area contributed by atoms with Gasteiger partial charge in [0.15, 0.2) is 0 Å². The van der Waals surface area contributed by atoms with Gasteiger partial charge in [-0.2, -0.15) is 0 Å². The molecule has 0 amide bonds. The number of aliphatic hydroxyl groups is 1. The van der Waals surface area contributed by atoms with Gasteiger partial charge in [0.05, 0.1) is 6.61 Å². The van der Waals surface area contributed by atoms with Crippen molar-refractivity contribution >= 4 is 17.0 Å². The van der Waals surface area contributed by atoms with Crippen LogP contribution in [0.5, 0.6) is 0 Å². The predicted octanol–water partition coefficient (Wildman–Crippen LogP) is 3.16. The molecule has 84 valence electrons. The smallest absolute Gasteiger partial charge is 0.0682 e. The molecule has 0 bridgehead atoms. The molecule has 2 N–H and O–H groups in total.